The molecule has 0 heteroatoms. The fourth-order valence-electron chi connectivity index (χ4n) is 2.61. The summed E-state index contributed by atoms with van der Waals surface area (Å²) < 4.78 is 0. The Balaban J connectivity index is -0.000000407. The van der Waals surface area contributed by atoms with Crippen molar-refractivity contribution in [3.8, 4) is 0 Å². The van der Waals surface area contributed by atoms with Gasteiger partial charge in [0.2, 0.25) is 0 Å². The van der Waals surface area contributed by atoms with E-state index in [1.165, 1.54) is 40.7 Å². The molecule has 29 heavy (non-hydrogen) atoms. The second-order valence-corrected chi connectivity index (χ2v) is 7.58. The molecular formula is C29H50. The summed E-state index contributed by atoms with van der Waals surface area (Å²) in [6.45, 7) is 30.8. The lowest BCUT2D eigenvalue weighted by Gasteiger charge is -2.20. The summed E-state index contributed by atoms with van der Waals surface area (Å²) in [6, 6.07) is 6.50. The van der Waals surface area contributed by atoms with Crippen LogP contribution in [0.4, 0.5) is 0 Å². The maximum absolute atomic E-state index is 4.19. The summed E-state index contributed by atoms with van der Waals surface area (Å²) in [4.78, 5) is 0. The van der Waals surface area contributed by atoms with Crippen LogP contribution in [0.3, 0.4) is 0 Å². The Kier molecular flexibility index (Phi) is 23.0. The number of hydrogen-bond acceptors (Lipinski definition) is 0. The van der Waals surface area contributed by atoms with Crippen LogP contribution in [0.2, 0.25) is 0 Å². The quantitative estimate of drug-likeness (QED) is 0.330. The predicted molar refractivity (Wildman–Crippen MR) is 139 cm³/mol. The molecule has 0 aliphatic heterocycles. The fraction of sp³-hybridized carbons (Fsp3) is 0.517. The van der Waals surface area contributed by atoms with Gasteiger partial charge in [-0.1, -0.05) is 107 Å². The van der Waals surface area contributed by atoms with Crippen molar-refractivity contribution in [3.63, 3.8) is 0 Å². The van der Waals surface area contributed by atoms with Crippen LogP contribution in [0.15, 0.2) is 66.8 Å². The molecule has 0 bridgehead atoms. The lowest BCUT2D eigenvalue weighted by molar-refractivity contribution is 0.418. The average molecular weight is 399 g/mol. The molecule has 0 aliphatic carbocycles. The van der Waals surface area contributed by atoms with Gasteiger partial charge in [0, 0.05) is 0 Å². The molecule has 0 aliphatic rings. The third kappa shape index (κ3) is 18.0. The van der Waals surface area contributed by atoms with E-state index < -0.39 is 0 Å². The highest BCUT2D eigenvalue weighted by molar-refractivity contribution is 5.29. The van der Waals surface area contributed by atoms with Gasteiger partial charge < -0.3 is 0 Å². The first-order valence-electron chi connectivity index (χ1n) is 11.2. The smallest absolute Gasteiger partial charge is 0.0145 e. The largest absolute Gasteiger partial charge is 0.103 e. The average Bonchev–Trinajstić information content (AvgIpc) is 2.69. The van der Waals surface area contributed by atoms with Gasteiger partial charge in [0.1, 0.15) is 0 Å². The summed E-state index contributed by atoms with van der Waals surface area (Å²) in [5.41, 5.74) is 6.68. The summed E-state index contributed by atoms with van der Waals surface area (Å²) in [5, 5.41) is 0. The van der Waals surface area contributed by atoms with Crippen LogP contribution in [0.1, 0.15) is 84.9 Å². The summed E-state index contributed by atoms with van der Waals surface area (Å²) in [7, 11) is 0. The summed E-state index contributed by atoms with van der Waals surface area (Å²) in [6.07, 6.45) is 10.7. The Hall–Kier alpha value is -1.82. The molecule has 0 nitrogen and oxygen atoms in total. The number of benzene rings is 1. The van der Waals surface area contributed by atoms with Crippen molar-refractivity contribution in [1.29, 1.82) is 0 Å². The monoisotopic (exact) mass is 398 g/mol. The molecule has 1 aromatic carbocycles. The first-order chi connectivity index (χ1) is 13.6. The predicted octanol–water partition coefficient (Wildman–Crippen LogP) is 9.97. The second-order valence-electron chi connectivity index (χ2n) is 7.58. The maximum atomic E-state index is 4.19. The zero-order valence-electron chi connectivity index (χ0n) is 21.5. The highest BCUT2D eigenvalue weighted by atomic mass is 14.2. The van der Waals surface area contributed by atoms with Crippen LogP contribution in [-0.4, -0.2) is 0 Å². The zero-order chi connectivity index (χ0) is 23.4. The molecule has 166 valence electrons. The van der Waals surface area contributed by atoms with Crippen molar-refractivity contribution >= 4 is 0 Å². The summed E-state index contributed by atoms with van der Waals surface area (Å²) >= 11 is 0. The van der Waals surface area contributed by atoms with Gasteiger partial charge >= 0.3 is 0 Å². The van der Waals surface area contributed by atoms with Crippen molar-refractivity contribution in [3.05, 3.63) is 83.5 Å². The molecule has 0 spiro atoms. The van der Waals surface area contributed by atoms with E-state index in [9.17, 15) is 0 Å². The minimum absolute atomic E-state index is 0.635. The number of rotatable bonds is 6. The molecule has 1 aromatic rings. The van der Waals surface area contributed by atoms with Gasteiger partial charge in [-0.2, -0.15) is 0 Å². The van der Waals surface area contributed by atoms with Crippen molar-refractivity contribution in [2.75, 3.05) is 0 Å². The first-order valence-corrected chi connectivity index (χ1v) is 11.2. The molecule has 0 aromatic heterocycles. The van der Waals surface area contributed by atoms with Gasteiger partial charge in [0.15, 0.2) is 0 Å². The standard InChI is InChI=1S/C15H26.C9H12.C3H6.C2H6/c1-7-9-15(12(3)4)14(6)11-10-13(5)8-2;1-7-4-5-8(2)9(3)6-7;1-3-2;1-2/h8,10-12,15H,6-7,9H2,1-5H3;4-6H,1-3H3;3H,1H2,2H3;1-2H3/b11-10-,13-8-;;;. The SMILES string of the molecule is C=C(/C=C\C(C)=C/C)C(CCC)C(C)C.C=CC.CC.Cc1ccc(C)c(C)c1. The van der Waals surface area contributed by atoms with E-state index in [-0.39, 0.29) is 0 Å². The van der Waals surface area contributed by atoms with Gasteiger partial charge in [-0.15, -0.1) is 6.58 Å². The molecule has 0 saturated heterocycles. The van der Waals surface area contributed by atoms with E-state index in [0.29, 0.717) is 11.8 Å². The lowest BCUT2D eigenvalue weighted by atomic mass is 9.85. The normalized spacial score (nSPS) is 11.4. The Morgan fingerprint density at radius 1 is 1.00 bits per heavy atom. The van der Waals surface area contributed by atoms with E-state index in [2.05, 4.69) is 105 Å². The van der Waals surface area contributed by atoms with Gasteiger partial charge in [-0.05, 0) is 70.9 Å². The molecule has 1 atom stereocenters. The topological polar surface area (TPSA) is 0 Å². The van der Waals surface area contributed by atoms with Crippen LogP contribution in [0.5, 0.6) is 0 Å². The molecule has 0 heterocycles. The highest BCUT2D eigenvalue weighted by Crippen LogP contribution is 2.25. The minimum Gasteiger partial charge on any atom is -0.103 e. The third-order valence-electron chi connectivity index (χ3n) is 4.56. The van der Waals surface area contributed by atoms with Crippen molar-refractivity contribution in [2.45, 2.75) is 89.0 Å². The number of allylic oxidation sites excluding steroid dienone is 6. The van der Waals surface area contributed by atoms with E-state index >= 15 is 0 Å². The van der Waals surface area contributed by atoms with E-state index in [0.717, 1.165) is 0 Å². The highest BCUT2D eigenvalue weighted by Gasteiger charge is 2.13. The van der Waals surface area contributed by atoms with Gasteiger partial charge in [-0.25, -0.2) is 0 Å². The Morgan fingerprint density at radius 2 is 1.52 bits per heavy atom. The van der Waals surface area contributed by atoms with Gasteiger partial charge in [0.25, 0.3) is 0 Å². The van der Waals surface area contributed by atoms with E-state index in [4.69, 9.17) is 0 Å². The van der Waals surface area contributed by atoms with Crippen LogP contribution in [-0.2, 0) is 0 Å². The first kappa shape index (κ1) is 31.9. The van der Waals surface area contributed by atoms with Crippen LogP contribution in [0, 0.1) is 32.6 Å². The molecule has 1 rings (SSSR count). The lowest BCUT2D eigenvalue weighted by Crippen LogP contribution is -2.09. The third-order valence-corrected chi connectivity index (χ3v) is 4.56. The Morgan fingerprint density at radius 3 is 1.86 bits per heavy atom. The van der Waals surface area contributed by atoms with E-state index in [1.807, 2.05) is 20.8 Å². The zero-order valence-corrected chi connectivity index (χ0v) is 21.5. The van der Waals surface area contributed by atoms with Crippen molar-refractivity contribution in [1.82, 2.24) is 0 Å². The van der Waals surface area contributed by atoms with E-state index in [1.54, 1.807) is 6.08 Å². The van der Waals surface area contributed by atoms with Crippen molar-refractivity contribution in [2.24, 2.45) is 11.8 Å². The van der Waals surface area contributed by atoms with Crippen LogP contribution < -0.4 is 0 Å². The Bertz CT molecular complexity index is 596. The molecular weight excluding hydrogens is 348 g/mol. The molecule has 0 N–H and O–H groups in total. The second kappa shape index (κ2) is 20.9. The molecule has 0 radical (unpaired) electrons. The van der Waals surface area contributed by atoms with Crippen molar-refractivity contribution < 1.29 is 0 Å². The molecule has 0 fully saturated rings. The summed E-state index contributed by atoms with van der Waals surface area (Å²) in [5.74, 6) is 1.32. The van der Waals surface area contributed by atoms with Gasteiger partial charge in [-0.3, -0.25) is 0 Å². The maximum Gasteiger partial charge on any atom is -0.0145 e. The van der Waals surface area contributed by atoms with Crippen LogP contribution >= 0.6 is 0 Å². The minimum atomic E-state index is 0.635. The molecule has 0 saturated carbocycles. The van der Waals surface area contributed by atoms with Gasteiger partial charge in [0.05, 0.1) is 0 Å². The number of aryl methyl sites for hydroxylation is 3. The molecule has 0 amide bonds. The fourth-order valence-corrected chi connectivity index (χ4v) is 2.61. The molecule has 1 unspecified atom stereocenters. The number of hydrogen-bond donors (Lipinski definition) is 0. The van der Waals surface area contributed by atoms with Crippen LogP contribution in [0.25, 0.3) is 0 Å². The Labute approximate surface area is 184 Å².